The minimum absolute atomic E-state index is 0.133. The van der Waals surface area contributed by atoms with Gasteiger partial charge in [-0.3, -0.25) is 9.69 Å². The number of hydrogen-bond donors (Lipinski definition) is 0. The first-order valence-electron chi connectivity index (χ1n) is 5.92. The Labute approximate surface area is 108 Å². The van der Waals surface area contributed by atoms with Crippen molar-refractivity contribution in [1.29, 1.82) is 0 Å². The molecule has 0 radical (unpaired) electrons. The van der Waals surface area contributed by atoms with E-state index in [1.165, 1.54) is 12.0 Å². The summed E-state index contributed by atoms with van der Waals surface area (Å²) < 4.78 is 14.9. The standard InChI is InChI=1S/C12H23NO5/c1-6-17-10(14)9-13(7-8-16-5)11(15)18-12(2,3)4/h6-9H2,1-5H3. The van der Waals surface area contributed by atoms with Crippen LogP contribution in [0.3, 0.4) is 0 Å². The first kappa shape index (κ1) is 16.7. The molecule has 6 heteroatoms. The van der Waals surface area contributed by atoms with Gasteiger partial charge < -0.3 is 14.2 Å². The summed E-state index contributed by atoms with van der Waals surface area (Å²) >= 11 is 0. The Morgan fingerprint density at radius 1 is 1.22 bits per heavy atom. The summed E-state index contributed by atoms with van der Waals surface area (Å²) in [5, 5.41) is 0. The average molecular weight is 261 g/mol. The quantitative estimate of drug-likeness (QED) is 0.677. The van der Waals surface area contributed by atoms with Crippen LogP contribution in [0.1, 0.15) is 27.7 Å². The number of methoxy groups -OCH3 is 1. The second kappa shape index (κ2) is 7.92. The van der Waals surface area contributed by atoms with E-state index in [-0.39, 0.29) is 19.7 Å². The van der Waals surface area contributed by atoms with Crippen LogP contribution >= 0.6 is 0 Å². The number of ether oxygens (including phenoxy) is 3. The zero-order valence-electron chi connectivity index (χ0n) is 11.8. The number of nitrogens with zero attached hydrogens (tertiary/aromatic N) is 1. The minimum atomic E-state index is -0.600. The van der Waals surface area contributed by atoms with Gasteiger partial charge in [0.25, 0.3) is 0 Å². The van der Waals surface area contributed by atoms with Crippen LogP contribution in [0.5, 0.6) is 0 Å². The maximum atomic E-state index is 11.8. The van der Waals surface area contributed by atoms with Gasteiger partial charge in [-0.15, -0.1) is 0 Å². The Balaban J connectivity index is 4.46. The van der Waals surface area contributed by atoms with E-state index >= 15 is 0 Å². The second-order valence-corrected chi connectivity index (χ2v) is 4.70. The molecule has 0 rings (SSSR count). The van der Waals surface area contributed by atoms with Crippen molar-refractivity contribution in [3.05, 3.63) is 0 Å². The lowest BCUT2D eigenvalue weighted by Gasteiger charge is -2.26. The molecule has 0 aromatic carbocycles. The van der Waals surface area contributed by atoms with E-state index < -0.39 is 17.7 Å². The molecule has 0 aromatic heterocycles. The van der Waals surface area contributed by atoms with E-state index in [1.807, 2.05) is 0 Å². The van der Waals surface area contributed by atoms with E-state index in [9.17, 15) is 9.59 Å². The smallest absolute Gasteiger partial charge is 0.410 e. The van der Waals surface area contributed by atoms with Gasteiger partial charge in [0.05, 0.1) is 13.2 Å². The number of hydrogen-bond acceptors (Lipinski definition) is 5. The fourth-order valence-electron chi connectivity index (χ4n) is 1.13. The van der Waals surface area contributed by atoms with Crippen molar-refractivity contribution >= 4 is 12.1 Å². The predicted molar refractivity (Wildman–Crippen MR) is 66.3 cm³/mol. The average Bonchev–Trinajstić information content (AvgIpc) is 2.21. The van der Waals surface area contributed by atoms with Gasteiger partial charge in [0, 0.05) is 13.7 Å². The fourth-order valence-corrected chi connectivity index (χ4v) is 1.13. The molecule has 18 heavy (non-hydrogen) atoms. The van der Waals surface area contributed by atoms with E-state index in [1.54, 1.807) is 27.7 Å². The largest absolute Gasteiger partial charge is 0.465 e. The zero-order valence-corrected chi connectivity index (χ0v) is 11.8. The fraction of sp³-hybridized carbons (Fsp3) is 0.833. The molecule has 0 aliphatic rings. The highest BCUT2D eigenvalue weighted by molar-refractivity contribution is 5.78. The molecule has 0 aliphatic heterocycles. The van der Waals surface area contributed by atoms with Crippen LogP contribution in [0, 0.1) is 0 Å². The van der Waals surface area contributed by atoms with Crippen molar-refractivity contribution in [2.24, 2.45) is 0 Å². The molecule has 0 aromatic rings. The van der Waals surface area contributed by atoms with Crippen LogP contribution in [0.15, 0.2) is 0 Å². The number of amides is 1. The molecule has 0 bridgehead atoms. The first-order chi connectivity index (χ1) is 8.30. The molecule has 0 saturated carbocycles. The van der Waals surface area contributed by atoms with E-state index in [2.05, 4.69) is 0 Å². The highest BCUT2D eigenvalue weighted by Crippen LogP contribution is 2.09. The van der Waals surface area contributed by atoms with E-state index in [4.69, 9.17) is 14.2 Å². The molecule has 0 unspecified atom stereocenters. The van der Waals surface area contributed by atoms with E-state index in [0.29, 0.717) is 6.61 Å². The number of carbonyl (C=O) groups excluding carboxylic acids is 2. The number of carbonyl (C=O) groups is 2. The highest BCUT2D eigenvalue weighted by Gasteiger charge is 2.24. The number of rotatable bonds is 6. The molecule has 0 fully saturated rings. The molecule has 1 amide bonds. The molecule has 0 spiro atoms. The monoisotopic (exact) mass is 261 g/mol. The highest BCUT2D eigenvalue weighted by atomic mass is 16.6. The molecule has 0 heterocycles. The molecule has 6 nitrogen and oxygen atoms in total. The lowest BCUT2D eigenvalue weighted by molar-refractivity contribution is -0.144. The molecule has 0 aliphatic carbocycles. The van der Waals surface area contributed by atoms with Gasteiger partial charge in [-0.1, -0.05) is 0 Å². The Morgan fingerprint density at radius 2 is 1.83 bits per heavy atom. The molecular formula is C12H23NO5. The third-order valence-corrected chi connectivity index (χ3v) is 1.84. The van der Waals surface area contributed by atoms with Crippen LogP contribution in [0.25, 0.3) is 0 Å². The summed E-state index contributed by atoms with van der Waals surface area (Å²) in [7, 11) is 1.53. The topological polar surface area (TPSA) is 65.1 Å². The third kappa shape index (κ3) is 7.89. The van der Waals surface area contributed by atoms with Crippen molar-refractivity contribution in [3.8, 4) is 0 Å². The Morgan fingerprint density at radius 3 is 2.28 bits per heavy atom. The van der Waals surface area contributed by atoms with Crippen LogP contribution in [0.2, 0.25) is 0 Å². The van der Waals surface area contributed by atoms with Crippen LogP contribution < -0.4 is 0 Å². The molecule has 106 valence electrons. The van der Waals surface area contributed by atoms with Gasteiger partial charge >= 0.3 is 12.1 Å². The van der Waals surface area contributed by atoms with Gasteiger partial charge in [-0.2, -0.15) is 0 Å². The first-order valence-corrected chi connectivity index (χ1v) is 5.92. The van der Waals surface area contributed by atoms with Gasteiger partial charge in [-0.25, -0.2) is 4.79 Å². The minimum Gasteiger partial charge on any atom is -0.465 e. The Bertz CT molecular complexity index is 272. The van der Waals surface area contributed by atoms with Crippen LogP contribution in [0.4, 0.5) is 4.79 Å². The predicted octanol–water partition coefficient (Wildman–Crippen LogP) is 1.43. The van der Waals surface area contributed by atoms with Crippen LogP contribution in [-0.4, -0.2) is 56.0 Å². The molecule has 0 N–H and O–H groups in total. The summed E-state index contributed by atoms with van der Waals surface area (Å²) in [5.41, 5.74) is -0.600. The van der Waals surface area contributed by atoms with Gasteiger partial charge in [0.15, 0.2) is 0 Å². The van der Waals surface area contributed by atoms with Crippen LogP contribution in [-0.2, 0) is 19.0 Å². The summed E-state index contributed by atoms with van der Waals surface area (Å²) in [4.78, 5) is 24.5. The summed E-state index contributed by atoms with van der Waals surface area (Å²) in [6, 6.07) is 0. The maximum absolute atomic E-state index is 11.8. The SMILES string of the molecule is CCOC(=O)CN(CCOC)C(=O)OC(C)(C)C. The van der Waals surface area contributed by atoms with Crippen molar-refractivity contribution < 1.29 is 23.8 Å². The van der Waals surface area contributed by atoms with Crippen molar-refractivity contribution in [2.45, 2.75) is 33.3 Å². The molecule has 0 saturated heterocycles. The van der Waals surface area contributed by atoms with Crippen molar-refractivity contribution in [1.82, 2.24) is 4.90 Å². The Kier molecular flexibility index (Phi) is 7.35. The number of esters is 1. The summed E-state index contributed by atoms with van der Waals surface area (Å²) in [5.74, 6) is -0.459. The van der Waals surface area contributed by atoms with Crippen molar-refractivity contribution in [2.75, 3.05) is 33.4 Å². The van der Waals surface area contributed by atoms with Crippen molar-refractivity contribution in [3.63, 3.8) is 0 Å². The van der Waals surface area contributed by atoms with E-state index in [0.717, 1.165) is 0 Å². The maximum Gasteiger partial charge on any atom is 0.410 e. The lowest BCUT2D eigenvalue weighted by atomic mass is 10.2. The molecule has 0 atom stereocenters. The zero-order chi connectivity index (χ0) is 14.2. The van der Waals surface area contributed by atoms with Gasteiger partial charge in [0.1, 0.15) is 12.1 Å². The summed E-state index contributed by atoms with van der Waals surface area (Å²) in [6.07, 6.45) is -0.549. The summed E-state index contributed by atoms with van der Waals surface area (Å²) in [6.45, 7) is 7.78. The second-order valence-electron chi connectivity index (χ2n) is 4.70. The third-order valence-electron chi connectivity index (χ3n) is 1.84. The van der Waals surface area contributed by atoms with Gasteiger partial charge in [0.2, 0.25) is 0 Å². The van der Waals surface area contributed by atoms with Gasteiger partial charge in [-0.05, 0) is 27.7 Å². The molecular weight excluding hydrogens is 238 g/mol. The Hall–Kier alpha value is -1.30. The lowest BCUT2D eigenvalue weighted by Crippen LogP contribution is -2.42. The normalized spacial score (nSPS) is 10.9.